The quantitative estimate of drug-likeness (QED) is 0.321. The molecule has 0 spiro atoms. The molecule has 0 saturated carbocycles. The molecule has 0 aromatic heterocycles. The maximum absolute atomic E-state index is 12.4. The molecule has 0 amide bonds. The summed E-state index contributed by atoms with van der Waals surface area (Å²) in [5.74, 6) is -0.0611. The number of quaternary nitrogens is 1. The molecular weight excluding hydrogens is 399 g/mol. The molecule has 1 aliphatic rings. The van der Waals surface area contributed by atoms with Gasteiger partial charge >= 0.3 is 11.5 Å². The van der Waals surface area contributed by atoms with Gasteiger partial charge in [0.25, 0.3) is 0 Å². The van der Waals surface area contributed by atoms with Gasteiger partial charge in [-0.1, -0.05) is 30.3 Å². The molecule has 1 aliphatic heterocycles. The second kappa shape index (κ2) is 8.38. The van der Waals surface area contributed by atoms with E-state index in [1.807, 2.05) is 26.8 Å². The normalized spacial score (nSPS) is 23.7. The summed E-state index contributed by atoms with van der Waals surface area (Å²) >= 11 is 0. The highest BCUT2D eigenvalue weighted by Gasteiger charge is 2.52. The summed E-state index contributed by atoms with van der Waals surface area (Å²) in [4.78, 5) is 12.4. The fourth-order valence-electron chi connectivity index (χ4n) is 2.93. The molecule has 1 aromatic carbocycles. The van der Waals surface area contributed by atoms with E-state index >= 15 is 0 Å². The van der Waals surface area contributed by atoms with Gasteiger partial charge < -0.3 is 13.8 Å². The van der Waals surface area contributed by atoms with Crippen molar-refractivity contribution in [3.05, 3.63) is 35.9 Å². The Kier molecular flexibility index (Phi) is 7.30. The minimum atomic E-state index is -6.09. The number of benzene rings is 1. The standard InChI is InChI=1S/C17H26NO2.CHF3O3S/c1-13(14-9-7-6-8-10-14)18(5)12-11-15(18)16(19)20-17(2,3)4;2-1(3,4)8(5,6)7/h6-10,13,15H,11-12H2,1-5H3;(H,5,6,7)/q+1;/p-1/t13-,15-,18-;/m0./s1. The molecule has 0 aliphatic carbocycles. The van der Waals surface area contributed by atoms with Gasteiger partial charge in [-0.25, -0.2) is 13.2 Å². The highest BCUT2D eigenvalue weighted by atomic mass is 32.2. The van der Waals surface area contributed by atoms with Crippen molar-refractivity contribution in [2.24, 2.45) is 0 Å². The number of carbonyl (C=O) groups excluding carboxylic acids is 1. The molecule has 1 aromatic rings. The van der Waals surface area contributed by atoms with Gasteiger partial charge in [-0.05, 0) is 27.7 Å². The largest absolute Gasteiger partial charge is 0.741 e. The zero-order chi connectivity index (χ0) is 22.0. The number of carbonyl (C=O) groups is 1. The lowest BCUT2D eigenvalue weighted by Crippen LogP contribution is -2.67. The minimum absolute atomic E-state index is 0.0376. The number of nitrogens with zero attached hydrogens (tertiary/aromatic N) is 1. The third-order valence-corrected chi connectivity index (χ3v) is 5.29. The molecule has 0 bridgehead atoms. The molecule has 0 unspecified atom stereocenters. The van der Waals surface area contributed by atoms with Crippen LogP contribution in [0.15, 0.2) is 30.3 Å². The summed E-state index contributed by atoms with van der Waals surface area (Å²) in [5, 5.41) is 0. The van der Waals surface area contributed by atoms with Crippen LogP contribution in [0.5, 0.6) is 0 Å². The topological polar surface area (TPSA) is 83.5 Å². The molecule has 0 radical (unpaired) electrons. The third-order valence-electron chi connectivity index (χ3n) is 4.73. The van der Waals surface area contributed by atoms with E-state index in [4.69, 9.17) is 17.7 Å². The first kappa shape index (κ1) is 24.4. The minimum Gasteiger partial charge on any atom is -0.741 e. The van der Waals surface area contributed by atoms with Gasteiger partial charge in [0.1, 0.15) is 11.6 Å². The Bertz CT molecular complexity index is 775. The molecule has 1 fully saturated rings. The molecule has 10 heteroatoms. The van der Waals surface area contributed by atoms with Crippen LogP contribution in [-0.4, -0.2) is 54.2 Å². The van der Waals surface area contributed by atoms with Crippen LogP contribution >= 0.6 is 0 Å². The number of ether oxygens (including phenoxy) is 1. The predicted octanol–water partition coefficient (Wildman–Crippen LogP) is 3.36. The Balaban J connectivity index is 0.000000416. The van der Waals surface area contributed by atoms with Gasteiger partial charge in [0, 0.05) is 5.56 Å². The summed E-state index contributed by atoms with van der Waals surface area (Å²) in [5.41, 5.74) is -4.77. The SMILES string of the molecule is C[C@@H](c1ccccc1)[N@+]1(C)CC[C@H]1C(=O)OC(C)(C)C.O=S(=O)([O-])C(F)(F)F. The number of rotatable bonds is 3. The molecule has 1 saturated heterocycles. The Morgan fingerprint density at radius 3 is 2.00 bits per heavy atom. The number of likely N-dealkylation sites (tertiary alicyclic amines) is 1. The van der Waals surface area contributed by atoms with E-state index < -0.39 is 21.2 Å². The van der Waals surface area contributed by atoms with Gasteiger partial charge in [0.05, 0.1) is 20.0 Å². The Morgan fingerprint density at radius 1 is 1.21 bits per heavy atom. The van der Waals surface area contributed by atoms with Crippen molar-refractivity contribution in [3.63, 3.8) is 0 Å². The smallest absolute Gasteiger partial charge is 0.485 e. The zero-order valence-electron chi connectivity index (χ0n) is 16.5. The molecular formula is C18H26F3NO5S. The average Bonchev–Trinajstić information content (AvgIpc) is 2.50. The van der Waals surface area contributed by atoms with Gasteiger partial charge in [0.15, 0.2) is 16.2 Å². The zero-order valence-corrected chi connectivity index (χ0v) is 17.3. The van der Waals surface area contributed by atoms with E-state index in [-0.39, 0.29) is 12.0 Å². The van der Waals surface area contributed by atoms with Crippen molar-refractivity contribution in [3.8, 4) is 0 Å². The van der Waals surface area contributed by atoms with Gasteiger partial charge in [0.2, 0.25) is 0 Å². The summed E-state index contributed by atoms with van der Waals surface area (Å²) in [6, 6.07) is 10.7. The lowest BCUT2D eigenvalue weighted by Gasteiger charge is -2.52. The fourth-order valence-corrected chi connectivity index (χ4v) is 2.93. The molecule has 160 valence electrons. The van der Waals surface area contributed by atoms with E-state index in [1.54, 1.807) is 0 Å². The Morgan fingerprint density at radius 2 is 1.68 bits per heavy atom. The van der Waals surface area contributed by atoms with E-state index in [0.717, 1.165) is 17.4 Å². The van der Waals surface area contributed by atoms with Crippen LogP contribution in [0, 0.1) is 0 Å². The van der Waals surface area contributed by atoms with Crippen LogP contribution in [0.3, 0.4) is 0 Å². The highest BCUT2D eigenvalue weighted by molar-refractivity contribution is 7.86. The molecule has 28 heavy (non-hydrogen) atoms. The Hall–Kier alpha value is -1.65. The number of hydrogen-bond donors (Lipinski definition) is 0. The molecule has 2 rings (SSSR count). The Labute approximate surface area is 163 Å². The summed E-state index contributed by atoms with van der Waals surface area (Å²) in [6.07, 6.45) is 0.919. The van der Waals surface area contributed by atoms with Crippen molar-refractivity contribution < 1.29 is 40.2 Å². The number of alkyl halides is 3. The number of esters is 1. The van der Waals surface area contributed by atoms with Crippen LogP contribution in [0.2, 0.25) is 0 Å². The summed E-state index contributed by atoms with van der Waals surface area (Å²) in [6.45, 7) is 9.00. The maximum atomic E-state index is 12.4. The van der Waals surface area contributed by atoms with Crippen LogP contribution in [0.1, 0.15) is 45.7 Å². The van der Waals surface area contributed by atoms with E-state index in [1.165, 1.54) is 5.56 Å². The number of likely N-dealkylation sites (N-methyl/N-ethyl adjacent to an activating group) is 1. The molecule has 1 heterocycles. The van der Waals surface area contributed by atoms with Crippen LogP contribution in [-0.2, 0) is 19.6 Å². The molecule has 6 nitrogen and oxygen atoms in total. The van der Waals surface area contributed by atoms with Crippen LogP contribution in [0.25, 0.3) is 0 Å². The maximum Gasteiger partial charge on any atom is 0.485 e. The average molecular weight is 425 g/mol. The van der Waals surface area contributed by atoms with Gasteiger partial charge in [-0.15, -0.1) is 0 Å². The van der Waals surface area contributed by atoms with Crippen LogP contribution < -0.4 is 0 Å². The van der Waals surface area contributed by atoms with E-state index in [2.05, 4.69) is 38.2 Å². The van der Waals surface area contributed by atoms with Gasteiger partial charge in [-0.3, -0.25) is 0 Å². The first-order chi connectivity index (χ1) is 12.5. The van der Waals surface area contributed by atoms with Crippen molar-refractivity contribution in [1.82, 2.24) is 0 Å². The third kappa shape index (κ3) is 6.18. The summed E-state index contributed by atoms with van der Waals surface area (Å²) in [7, 11) is -3.93. The number of halogens is 3. The van der Waals surface area contributed by atoms with Crippen molar-refractivity contribution in [1.29, 1.82) is 0 Å². The second-order valence-electron chi connectivity index (χ2n) is 7.89. The van der Waals surface area contributed by atoms with Crippen molar-refractivity contribution >= 4 is 16.1 Å². The van der Waals surface area contributed by atoms with E-state index in [9.17, 15) is 18.0 Å². The first-order valence-corrected chi connectivity index (χ1v) is 10.0. The van der Waals surface area contributed by atoms with Crippen LogP contribution in [0.4, 0.5) is 13.2 Å². The second-order valence-corrected chi connectivity index (χ2v) is 9.27. The van der Waals surface area contributed by atoms with Crippen molar-refractivity contribution in [2.45, 2.75) is 57.3 Å². The van der Waals surface area contributed by atoms with E-state index in [0.29, 0.717) is 6.04 Å². The highest BCUT2D eigenvalue weighted by Crippen LogP contribution is 2.38. The lowest BCUT2D eigenvalue weighted by atomic mass is 9.91. The number of hydrogen-bond acceptors (Lipinski definition) is 5. The monoisotopic (exact) mass is 425 g/mol. The first-order valence-electron chi connectivity index (χ1n) is 8.64. The van der Waals surface area contributed by atoms with Crippen molar-refractivity contribution in [2.75, 3.05) is 13.6 Å². The lowest BCUT2D eigenvalue weighted by molar-refractivity contribution is -0.989. The predicted molar refractivity (Wildman–Crippen MR) is 95.9 cm³/mol. The summed E-state index contributed by atoms with van der Waals surface area (Å²) < 4.78 is 65.2. The molecule has 0 N–H and O–H groups in total. The fraction of sp³-hybridized carbons (Fsp3) is 0.611. The van der Waals surface area contributed by atoms with Gasteiger partial charge in [-0.2, -0.15) is 13.2 Å². The molecule has 3 atom stereocenters.